The van der Waals surface area contributed by atoms with E-state index in [1.807, 2.05) is 65.0 Å². The molecule has 0 bridgehead atoms. The van der Waals surface area contributed by atoms with Gasteiger partial charge in [0.1, 0.15) is 12.2 Å². The van der Waals surface area contributed by atoms with Gasteiger partial charge in [-0.2, -0.15) is 5.10 Å². The second-order valence-corrected chi connectivity index (χ2v) is 8.75. The Morgan fingerprint density at radius 2 is 1.87 bits per heavy atom. The summed E-state index contributed by atoms with van der Waals surface area (Å²) in [6.07, 6.45) is -0.396. The molecule has 1 N–H and O–H groups in total. The normalized spacial score (nSPS) is 14.4. The lowest BCUT2D eigenvalue weighted by Gasteiger charge is -2.38. The van der Waals surface area contributed by atoms with Gasteiger partial charge in [-0.25, -0.2) is 9.48 Å². The highest BCUT2D eigenvalue weighted by molar-refractivity contribution is 5.93. The van der Waals surface area contributed by atoms with Gasteiger partial charge in [0.2, 0.25) is 11.8 Å². The van der Waals surface area contributed by atoms with E-state index in [1.165, 1.54) is 4.90 Å². The molecular weight excluding hydrogens is 384 g/mol. The second kappa shape index (κ2) is 8.77. The van der Waals surface area contributed by atoms with Crippen molar-refractivity contribution in [1.82, 2.24) is 14.7 Å². The average Bonchev–Trinajstić information content (AvgIpc) is 3.01. The smallest absolute Gasteiger partial charge is 0.410 e. The first-order valence-corrected chi connectivity index (χ1v) is 10.2. The summed E-state index contributed by atoms with van der Waals surface area (Å²) in [6, 6.07) is 11.7. The molecule has 162 valence electrons. The summed E-state index contributed by atoms with van der Waals surface area (Å²) in [5.41, 5.74) is 0.501. The molecule has 8 heteroatoms. The van der Waals surface area contributed by atoms with Gasteiger partial charge >= 0.3 is 6.09 Å². The molecule has 1 aliphatic rings. The standard InChI is InChI=1S/C22H30N4O4/c1-15(2)26-19(29-14-16-9-7-6-8-10-16)11-18(24-26)23-20(27)17-12-25(13-17)21(28)30-22(3,4)5/h6-11,15,17H,12-14H2,1-5H3,(H,23,24,27). The fraction of sp³-hybridized carbons (Fsp3) is 0.500. The predicted octanol–water partition coefficient (Wildman–Crippen LogP) is 3.85. The van der Waals surface area contributed by atoms with Crippen molar-refractivity contribution in [3.8, 4) is 5.88 Å². The Kier molecular flexibility index (Phi) is 6.34. The topological polar surface area (TPSA) is 85.7 Å². The van der Waals surface area contributed by atoms with E-state index in [4.69, 9.17) is 9.47 Å². The van der Waals surface area contributed by atoms with Crippen LogP contribution in [0.3, 0.4) is 0 Å². The van der Waals surface area contributed by atoms with E-state index >= 15 is 0 Å². The molecule has 30 heavy (non-hydrogen) atoms. The summed E-state index contributed by atoms with van der Waals surface area (Å²) in [4.78, 5) is 26.1. The average molecular weight is 415 g/mol. The molecule has 1 aliphatic heterocycles. The predicted molar refractivity (Wildman–Crippen MR) is 113 cm³/mol. The van der Waals surface area contributed by atoms with Gasteiger partial charge in [0.15, 0.2) is 5.82 Å². The Morgan fingerprint density at radius 1 is 1.20 bits per heavy atom. The maximum Gasteiger partial charge on any atom is 0.410 e. The van der Waals surface area contributed by atoms with Crippen LogP contribution in [0.25, 0.3) is 0 Å². The van der Waals surface area contributed by atoms with E-state index in [1.54, 1.807) is 10.7 Å². The Labute approximate surface area is 177 Å². The molecule has 2 amide bonds. The van der Waals surface area contributed by atoms with Crippen LogP contribution in [-0.4, -0.2) is 45.4 Å². The molecule has 1 aromatic heterocycles. The van der Waals surface area contributed by atoms with E-state index in [-0.39, 0.29) is 17.9 Å². The zero-order valence-corrected chi connectivity index (χ0v) is 18.2. The molecule has 1 saturated heterocycles. The number of hydrogen-bond acceptors (Lipinski definition) is 5. The fourth-order valence-corrected chi connectivity index (χ4v) is 3.00. The molecule has 0 saturated carbocycles. The van der Waals surface area contributed by atoms with E-state index in [0.29, 0.717) is 31.4 Å². The van der Waals surface area contributed by atoms with Gasteiger partial charge in [0, 0.05) is 19.2 Å². The minimum Gasteiger partial charge on any atom is -0.473 e. The van der Waals surface area contributed by atoms with Crippen LogP contribution in [0.5, 0.6) is 5.88 Å². The van der Waals surface area contributed by atoms with Crippen molar-refractivity contribution in [2.45, 2.75) is 52.9 Å². The van der Waals surface area contributed by atoms with Crippen LogP contribution in [0.15, 0.2) is 36.4 Å². The summed E-state index contributed by atoms with van der Waals surface area (Å²) in [6.45, 7) is 10.5. The lowest BCUT2D eigenvalue weighted by atomic mass is 10.00. The quantitative estimate of drug-likeness (QED) is 0.776. The number of amides is 2. The Morgan fingerprint density at radius 3 is 2.47 bits per heavy atom. The number of nitrogens with one attached hydrogen (secondary N) is 1. The number of anilines is 1. The van der Waals surface area contributed by atoms with Crippen LogP contribution in [0.2, 0.25) is 0 Å². The first kappa shape index (κ1) is 21.7. The number of benzene rings is 1. The van der Waals surface area contributed by atoms with Crippen LogP contribution in [0.4, 0.5) is 10.6 Å². The molecule has 2 heterocycles. The molecule has 0 radical (unpaired) electrons. The number of ether oxygens (including phenoxy) is 2. The first-order valence-electron chi connectivity index (χ1n) is 10.2. The third-order valence-electron chi connectivity index (χ3n) is 4.58. The van der Waals surface area contributed by atoms with Gasteiger partial charge in [0.05, 0.1) is 12.0 Å². The summed E-state index contributed by atoms with van der Waals surface area (Å²) < 4.78 is 13.0. The maximum absolute atomic E-state index is 12.5. The van der Waals surface area contributed by atoms with Crippen LogP contribution in [0.1, 0.15) is 46.2 Å². The van der Waals surface area contributed by atoms with Crippen LogP contribution >= 0.6 is 0 Å². The molecule has 0 spiro atoms. The Hall–Kier alpha value is -3.03. The molecule has 3 rings (SSSR count). The lowest BCUT2D eigenvalue weighted by Crippen LogP contribution is -2.55. The largest absolute Gasteiger partial charge is 0.473 e. The Balaban J connectivity index is 1.56. The number of hydrogen-bond donors (Lipinski definition) is 1. The number of carbonyl (C=O) groups excluding carboxylic acids is 2. The Bertz CT molecular complexity index is 880. The van der Waals surface area contributed by atoms with Gasteiger partial charge in [-0.1, -0.05) is 30.3 Å². The number of nitrogens with zero attached hydrogens (tertiary/aromatic N) is 3. The van der Waals surface area contributed by atoms with Gasteiger partial charge in [-0.15, -0.1) is 0 Å². The van der Waals surface area contributed by atoms with Crippen molar-refractivity contribution in [1.29, 1.82) is 0 Å². The highest BCUT2D eigenvalue weighted by atomic mass is 16.6. The van der Waals surface area contributed by atoms with E-state index in [2.05, 4.69) is 10.4 Å². The minimum atomic E-state index is -0.551. The summed E-state index contributed by atoms with van der Waals surface area (Å²) in [5, 5.41) is 7.30. The van der Waals surface area contributed by atoms with Crippen molar-refractivity contribution in [3.63, 3.8) is 0 Å². The fourth-order valence-electron chi connectivity index (χ4n) is 3.00. The van der Waals surface area contributed by atoms with E-state index in [0.717, 1.165) is 5.56 Å². The van der Waals surface area contributed by atoms with Crippen molar-refractivity contribution < 1.29 is 19.1 Å². The second-order valence-electron chi connectivity index (χ2n) is 8.75. The van der Waals surface area contributed by atoms with Crippen LogP contribution < -0.4 is 10.1 Å². The van der Waals surface area contributed by atoms with Crippen molar-refractivity contribution >= 4 is 17.8 Å². The number of carbonyl (C=O) groups is 2. The van der Waals surface area contributed by atoms with Gasteiger partial charge in [0.25, 0.3) is 0 Å². The monoisotopic (exact) mass is 414 g/mol. The number of aromatic nitrogens is 2. The van der Waals surface area contributed by atoms with Gasteiger partial charge in [-0.05, 0) is 40.2 Å². The van der Waals surface area contributed by atoms with Gasteiger partial charge < -0.3 is 19.7 Å². The molecule has 1 fully saturated rings. The van der Waals surface area contributed by atoms with Crippen LogP contribution in [-0.2, 0) is 16.1 Å². The third kappa shape index (κ3) is 5.52. The highest BCUT2D eigenvalue weighted by Gasteiger charge is 2.38. The molecule has 0 aliphatic carbocycles. The van der Waals surface area contributed by atoms with Gasteiger partial charge in [-0.3, -0.25) is 4.79 Å². The molecular formula is C22H30N4O4. The summed E-state index contributed by atoms with van der Waals surface area (Å²) in [5.74, 6) is 0.578. The van der Waals surface area contributed by atoms with Crippen LogP contribution in [0, 0.1) is 5.92 Å². The summed E-state index contributed by atoms with van der Waals surface area (Å²) >= 11 is 0. The summed E-state index contributed by atoms with van der Waals surface area (Å²) in [7, 11) is 0. The van der Waals surface area contributed by atoms with Crippen molar-refractivity contribution in [3.05, 3.63) is 42.0 Å². The first-order chi connectivity index (χ1) is 14.1. The number of likely N-dealkylation sites (tertiary alicyclic amines) is 1. The van der Waals surface area contributed by atoms with E-state index < -0.39 is 11.7 Å². The van der Waals surface area contributed by atoms with Crippen molar-refractivity contribution in [2.24, 2.45) is 5.92 Å². The minimum absolute atomic E-state index is 0.0767. The molecule has 0 unspecified atom stereocenters. The number of rotatable bonds is 6. The highest BCUT2D eigenvalue weighted by Crippen LogP contribution is 2.25. The SMILES string of the molecule is CC(C)n1nc(NC(=O)C2CN(C(=O)OC(C)(C)C)C2)cc1OCc1ccccc1. The lowest BCUT2D eigenvalue weighted by molar-refractivity contribution is -0.124. The zero-order chi connectivity index (χ0) is 21.9. The molecule has 2 aromatic rings. The third-order valence-corrected chi connectivity index (χ3v) is 4.58. The molecule has 8 nitrogen and oxygen atoms in total. The van der Waals surface area contributed by atoms with E-state index in [9.17, 15) is 9.59 Å². The maximum atomic E-state index is 12.5. The molecule has 0 atom stereocenters. The zero-order valence-electron chi connectivity index (χ0n) is 18.2. The van der Waals surface area contributed by atoms with Crippen molar-refractivity contribution in [2.75, 3.05) is 18.4 Å². The molecule has 1 aromatic carbocycles.